The Hall–Kier alpha value is -2.99. The third-order valence-electron chi connectivity index (χ3n) is 4.41. The molecule has 27 heavy (non-hydrogen) atoms. The Kier molecular flexibility index (Phi) is 5.25. The van der Waals surface area contributed by atoms with Crippen LogP contribution in [0.25, 0.3) is 10.9 Å². The van der Waals surface area contributed by atoms with Gasteiger partial charge < -0.3 is 5.32 Å². The van der Waals surface area contributed by atoms with E-state index in [2.05, 4.69) is 44.8 Å². The number of aromatic amines is 2. The van der Waals surface area contributed by atoms with Crippen LogP contribution in [0.15, 0.2) is 82.6 Å². The number of H-pyrrole nitrogens is 2. The zero-order valence-electron chi connectivity index (χ0n) is 14.7. The van der Waals surface area contributed by atoms with Crippen molar-refractivity contribution in [2.45, 2.75) is 17.4 Å². The van der Waals surface area contributed by atoms with Crippen molar-refractivity contribution in [3.8, 4) is 0 Å². The summed E-state index contributed by atoms with van der Waals surface area (Å²) in [6.45, 7) is 0. The highest BCUT2D eigenvalue weighted by Crippen LogP contribution is 2.27. The number of nitrogens with one attached hydrogen (secondary N) is 3. The molecule has 0 radical (unpaired) electrons. The highest BCUT2D eigenvalue weighted by Gasteiger charge is 2.12. The van der Waals surface area contributed by atoms with E-state index in [1.54, 1.807) is 18.0 Å². The zero-order valence-corrected chi connectivity index (χ0v) is 15.5. The molecule has 5 nitrogen and oxygen atoms in total. The Balaban J connectivity index is 1.45. The van der Waals surface area contributed by atoms with Crippen molar-refractivity contribution in [1.29, 1.82) is 0 Å². The highest BCUT2D eigenvalue weighted by molar-refractivity contribution is 7.99. The van der Waals surface area contributed by atoms with Gasteiger partial charge in [-0.05, 0) is 42.3 Å². The number of benzene rings is 2. The first kappa shape index (κ1) is 17.4. The van der Waals surface area contributed by atoms with Gasteiger partial charge in [0, 0.05) is 16.8 Å². The molecule has 0 fully saturated rings. The molecule has 2 aromatic carbocycles. The Morgan fingerprint density at radius 1 is 1.00 bits per heavy atom. The van der Waals surface area contributed by atoms with Gasteiger partial charge in [-0.15, -0.1) is 11.8 Å². The van der Waals surface area contributed by atoms with Crippen molar-refractivity contribution >= 4 is 28.5 Å². The molecule has 0 saturated heterocycles. The highest BCUT2D eigenvalue weighted by atomic mass is 32.2. The van der Waals surface area contributed by atoms with Crippen LogP contribution in [-0.4, -0.2) is 20.9 Å². The summed E-state index contributed by atoms with van der Waals surface area (Å²) in [6, 6.07) is 22.4. The Morgan fingerprint density at radius 3 is 2.67 bits per heavy atom. The molecule has 1 atom stereocenters. The van der Waals surface area contributed by atoms with Gasteiger partial charge in [-0.2, -0.15) is 0 Å². The van der Waals surface area contributed by atoms with Gasteiger partial charge in [-0.1, -0.05) is 36.4 Å². The summed E-state index contributed by atoms with van der Waals surface area (Å²) in [5.74, 6) is 1.82. The van der Waals surface area contributed by atoms with Crippen molar-refractivity contribution < 1.29 is 0 Å². The van der Waals surface area contributed by atoms with E-state index >= 15 is 0 Å². The number of hydrogen-bond donors (Lipinski definition) is 3. The number of rotatable bonds is 7. The van der Waals surface area contributed by atoms with Crippen LogP contribution in [0.1, 0.15) is 18.0 Å². The molecular weight excluding hydrogens is 356 g/mol. The normalized spacial score (nSPS) is 12.1. The van der Waals surface area contributed by atoms with Crippen LogP contribution >= 0.6 is 11.8 Å². The van der Waals surface area contributed by atoms with Gasteiger partial charge >= 0.3 is 0 Å². The van der Waals surface area contributed by atoms with E-state index in [0.29, 0.717) is 5.39 Å². The Labute approximate surface area is 161 Å². The summed E-state index contributed by atoms with van der Waals surface area (Å²) in [5.41, 5.74) is 2.01. The lowest BCUT2D eigenvalue weighted by Gasteiger charge is -2.19. The van der Waals surface area contributed by atoms with Gasteiger partial charge in [0.1, 0.15) is 5.82 Å². The van der Waals surface area contributed by atoms with Crippen LogP contribution in [0.2, 0.25) is 0 Å². The van der Waals surface area contributed by atoms with Crippen LogP contribution in [0.3, 0.4) is 0 Å². The van der Waals surface area contributed by atoms with E-state index in [4.69, 9.17) is 0 Å². The fourth-order valence-corrected chi connectivity index (χ4v) is 3.99. The van der Waals surface area contributed by atoms with Gasteiger partial charge in [-0.3, -0.25) is 15.0 Å². The Bertz CT molecular complexity index is 1060. The largest absolute Gasteiger partial charge is 0.363 e. The second-order valence-corrected chi connectivity index (χ2v) is 7.41. The molecule has 0 bridgehead atoms. The van der Waals surface area contributed by atoms with E-state index in [1.165, 1.54) is 5.56 Å². The van der Waals surface area contributed by atoms with Crippen LogP contribution in [0, 0.1) is 0 Å². The fraction of sp³-hybridized carbons (Fsp3) is 0.143. The lowest BCUT2D eigenvalue weighted by Crippen LogP contribution is -2.12. The fourth-order valence-electron chi connectivity index (χ4n) is 3.03. The molecule has 0 aliphatic carbocycles. The predicted octanol–water partition coefficient (Wildman–Crippen LogP) is 4.59. The maximum absolute atomic E-state index is 11.6. The van der Waals surface area contributed by atoms with E-state index in [0.717, 1.165) is 28.4 Å². The molecule has 6 heteroatoms. The molecule has 0 amide bonds. The van der Waals surface area contributed by atoms with Gasteiger partial charge in [0.05, 0.1) is 16.9 Å². The van der Waals surface area contributed by atoms with Crippen molar-refractivity contribution in [2.75, 3.05) is 11.1 Å². The first-order valence-electron chi connectivity index (χ1n) is 8.85. The van der Waals surface area contributed by atoms with Crippen molar-refractivity contribution in [3.63, 3.8) is 0 Å². The third-order valence-corrected chi connectivity index (χ3v) is 5.44. The van der Waals surface area contributed by atoms with Crippen LogP contribution in [-0.2, 0) is 0 Å². The summed E-state index contributed by atoms with van der Waals surface area (Å²) in [6.07, 6.45) is 2.75. The van der Waals surface area contributed by atoms with E-state index in [-0.39, 0.29) is 11.6 Å². The van der Waals surface area contributed by atoms with E-state index < -0.39 is 0 Å². The summed E-state index contributed by atoms with van der Waals surface area (Å²) in [7, 11) is 0. The molecule has 2 heterocycles. The molecule has 2 aromatic heterocycles. The summed E-state index contributed by atoms with van der Waals surface area (Å²) < 4.78 is 0. The molecule has 0 aliphatic rings. The third kappa shape index (κ3) is 4.23. The maximum atomic E-state index is 11.6. The average molecular weight is 376 g/mol. The van der Waals surface area contributed by atoms with E-state index in [1.807, 2.05) is 42.5 Å². The number of nitrogens with zero attached hydrogens (tertiary/aromatic N) is 1. The number of hydrogen-bond acceptors (Lipinski definition) is 4. The monoisotopic (exact) mass is 376 g/mol. The summed E-state index contributed by atoms with van der Waals surface area (Å²) >= 11 is 1.78. The molecule has 4 aromatic rings. The van der Waals surface area contributed by atoms with Crippen molar-refractivity contribution in [3.05, 3.63) is 88.8 Å². The number of thioether (sulfide) groups is 1. The Morgan fingerprint density at radius 2 is 1.85 bits per heavy atom. The molecule has 0 spiro atoms. The predicted molar refractivity (Wildman–Crippen MR) is 111 cm³/mol. The van der Waals surface area contributed by atoms with Crippen molar-refractivity contribution in [1.82, 2.24) is 15.2 Å². The molecule has 136 valence electrons. The molecular formula is C21H20N4OS. The van der Waals surface area contributed by atoms with Crippen molar-refractivity contribution in [2.24, 2.45) is 0 Å². The quantitative estimate of drug-likeness (QED) is 0.413. The standard InChI is InChI=1S/C21H20N4OS/c26-21-17-10-9-16(14-19(17)24-25-21)27-13-11-18(15-6-2-1-3-7-15)23-20-8-4-5-12-22-20/h1-10,12,14,18H,11,13H2,(H,22,23)(H2,24,25,26). The lowest BCUT2D eigenvalue weighted by molar-refractivity contribution is 0.752. The number of pyridine rings is 1. The second kappa shape index (κ2) is 8.14. The SMILES string of the molecule is O=c1[nH][nH]c2cc(SCCC(Nc3ccccn3)c3ccccc3)ccc12. The minimum Gasteiger partial charge on any atom is -0.363 e. The van der Waals surface area contributed by atoms with Crippen LogP contribution in [0.4, 0.5) is 5.82 Å². The lowest BCUT2D eigenvalue weighted by atomic mass is 10.0. The van der Waals surface area contributed by atoms with Gasteiger partial charge in [-0.25, -0.2) is 4.98 Å². The van der Waals surface area contributed by atoms with Crippen LogP contribution in [0.5, 0.6) is 0 Å². The first-order chi connectivity index (χ1) is 13.3. The zero-order chi connectivity index (χ0) is 18.5. The average Bonchev–Trinajstić information content (AvgIpc) is 3.09. The van der Waals surface area contributed by atoms with Gasteiger partial charge in [0.15, 0.2) is 0 Å². The number of fused-ring (bicyclic) bond motifs is 1. The molecule has 1 unspecified atom stereocenters. The smallest absolute Gasteiger partial charge is 0.271 e. The number of anilines is 1. The first-order valence-corrected chi connectivity index (χ1v) is 9.84. The second-order valence-electron chi connectivity index (χ2n) is 6.25. The van der Waals surface area contributed by atoms with Gasteiger partial charge in [0.2, 0.25) is 0 Å². The van der Waals surface area contributed by atoms with Gasteiger partial charge in [0.25, 0.3) is 5.56 Å². The topological polar surface area (TPSA) is 73.6 Å². The minimum absolute atomic E-state index is 0.0785. The number of aromatic nitrogens is 3. The van der Waals surface area contributed by atoms with E-state index in [9.17, 15) is 4.79 Å². The minimum atomic E-state index is -0.0785. The molecule has 4 rings (SSSR count). The molecule has 0 saturated carbocycles. The van der Waals surface area contributed by atoms with Crippen LogP contribution < -0.4 is 10.9 Å². The molecule has 3 N–H and O–H groups in total. The molecule has 0 aliphatic heterocycles. The summed E-state index contributed by atoms with van der Waals surface area (Å²) in [4.78, 5) is 17.1. The summed E-state index contributed by atoms with van der Waals surface area (Å²) in [5, 5.41) is 9.77. The maximum Gasteiger partial charge on any atom is 0.271 e.